The molecule has 2 aliphatic heterocycles. The van der Waals surface area contributed by atoms with Crippen molar-refractivity contribution < 1.29 is 18.7 Å². The molecule has 2 aromatic rings. The van der Waals surface area contributed by atoms with Crippen LogP contribution in [0.1, 0.15) is 36.0 Å². The van der Waals surface area contributed by atoms with Crippen LogP contribution in [-0.4, -0.2) is 61.5 Å². The molecule has 0 atom stereocenters. The predicted octanol–water partition coefficient (Wildman–Crippen LogP) is 2.92. The fourth-order valence-electron chi connectivity index (χ4n) is 4.38. The molecule has 6 heteroatoms. The third-order valence-electron chi connectivity index (χ3n) is 6.12. The Bertz CT molecular complexity index is 836. The van der Waals surface area contributed by atoms with E-state index in [1.807, 2.05) is 34.1 Å². The fraction of sp³-hybridized carbons (Fsp3) is 0.524. The second-order valence-corrected chi connectivity index (χ2v) is 7.77. The van der Waals surface area contributed by atoms with E-state index >= 15 is 0 Å². The molecule has 1 aromatic heterocycles. The molecule has 27 heavy (non-hydrogen) atoms. The van der Waals surface area contributed by atoms with Crippen LogP contribution in [0.5, 0.6) is 0 Å². The van der Waals surface area contributed by atoms with Gasteiger partial charge in [0.25, 0.3) is 5.91 Å². The van der Waals surface area contributed by atoms with Gasteiger partial charge in [-0.25, -0.2) is 0 Å². The SMILES string of the molecule is COCCN1CC2(CCC1=O)CCN(C(=O)c1ccc3occc3c1)CC2. The van der Waals surface area contributed by atoms with Crippen LogP contribution in [-0.2, 0) is 9.53 Å². The molecule has 3 heterocycles. The van der Waals surface area contributed by atoms with Gasteiger partial charge >= 0.3 is 0 Å². The number of likely N-dealkylation sites (tertiary alicyclic amines) is 2. The molecule has 1 spiro atoms. The number of methoxy groups -OCH3 is 1. The first-order valence-electron chi connectivity index (χ1n) is 9.63. The summed E-state index contributed by atoms with van der Waals surface area (Å²) in [5.41, 5.74) is 1.65. The molecule has 144 valence electrons. The Kier molecular flexibility index (Phi) is 4.91. The van der Waals surface area contributed by atoms with Gasteiger partial charge in [0.1, 0.15) is 5.58 Å². The summed E-state index contributed by atoms with van der Waals surface area (Å²) in [6.45, 7) is 3.51. The average molecular weight is 370 g/mol. The van der Waals surface area contributed by atoms with Crippen LogP contribution < -0.4 is 0 Å². The van der Waals surface area contributed by atoms with Crippen molar-refractivity contribution >= 4 is 22.8 Å². The van der Waals surface area contributed by atoms with Crippen molar-refractivity contribution in [2.75, 3.05) is 39.9 Å². The minimum Gasteiger partial charge on any atom is -0.464 e. The predicted molar refractivity (Wildman–Crippen MR) is 101 cm³/mol. The molecule has 2 fully saturated rings. The summed E-state index contributed by atoms with van der Waals surface area (Å²) in [5.74, 6) is 0.306. The minimum atomic E-state index is 0.0797. The third kappa shape index (κ3) is 3.58. The standard InChI is InChI=1S/C21H26N2O4/c1-26-13-11-23-15-21(6-4-19(23)24)7-9-22(10-8-21)20(25)17-2-3-18-16(14-17)5-12-27-18/h2-3,5,12,14H,4,6-11,13,15H2,1H3. The maximum Gasteiger partial charge on any atom is 0.253 e. The fourth-order valence-corrected chi connectivity index (χ4v) is 4.38. The molecule has 0 bridgehead atoms. The molecule has 6 nitrogen and oxygen atoms in total. The van der Waals surface area contributed by atoms with Crippen molar-refractivity contribution in [2.45, 2.75) is 25.7 Å². The summed E-state index contributed by atoms with van der Waals surface area (Å²) in [6.07, 6.45) is 5.07. The van der Waals surface area contributed by atoms with Crippen LogP contribution in [0.2, 0.25) is 0 Å². The zero-order valence-corrected chi connectivity index (χ0v) is 15.8. The van der Waals surface area contributed by atoms with Crippen LogP contribution in [0, 0.1) is 5.41 Å². The Morgan fingerprint density at radius 2 is 2.04 bits per heavy atom. The van der Waals surface area contributed by atoms with Crippen molar-refractivity contribution in [2.24, 2.45) is 5.41 Å². The van der Waals surface area contributed by atoms with Crippen LogP contribution >= 0.6 is 0 Å². The lowest BCUT2D eigenvalue weighted by atomic mass is 9.72. The quantitative estimate of drug-likeness (QED) is 0.830. The Labute approximate surface area is 159 Å². The first-order chi connectivity index (χ1) is 13.1. The Morgan fingerprint density at radius 3 is 2.81 bits per heavy atom. The monoisotopic (exact) mass is 370 g/mol. The Balaban J connectivity index is 1.40. The molecular weight excluding hydrogens is 344 g/mol. The van der Waals surface area contributed by atoms with Gasteiger partial charge in [-0.1, -0.05) is 0 Å². The van der Waals surface area contributed by atoms with E-state index in [1.54, 1.807) is 13.4 Å². The maximum absolute atomic E-state index is 12.9. The first kappa shape index (κ1) is 18.0. The molecule has 0 aliphatic carbocycles. The van der Waals surface area contributed by atoms with Gasteiger partial charge in [-0.2, -0.15) is 0 Å². The first-order valence-corrected chi connectivity index (χ1v) is 9.63. The lowest BCUT2D eigenvalue weighted by molar-refractivity contribution is -0.139. The van der Waals surface area contributed by atoms with Crippen molar-refractivity contribution in [3.05, 3.63) is 36.1 Å². The van der Waals surface area contributed by atoms with Gasteiger partial charge < -0.3 is 19.0 Å². The molecule has 0 radical (unpaired) electrons. The van der Waals surface area contributed by atoms with Gasteiger partial charge in [0.2, 0.25) is 5.91 Å². The second kappa shape index (κ2) is 7.35. The molecular formula is C21H26N2O4. The molecule has 2 saturated heterocycles. The average Bonchev–Trinajstić information content (AvgIpc) is 3.17. The van der Waals surface area contributed by atoms with Gasteiger partial charge in [0.15, 0.2) is 0 Å². The van der Waals surface area contributed by atoms with Crippen LogP contribution in [0.3, 0.4) is 0 Å². The van der Waals surface area contributed by atoms with Gasteiger partial charge in [0.05, 0.1) is 12.9 Å². The van der Waals surface area contributed by atoms with E-state index < -0.39 is 0 Å². The van der Waals surface area contributed by atoms with Crippen LogP contribution in [0.4, 0.5) is 0 Å². The van der Waals surface area contributed by atoms with Crippen molar-refractivity contribution in [3.63, 3.8) is 0 Å². The normalized spacial score (nSPS) is 19.8. The van der Waals surface area contributed by atoms with Gasteiger partial charge in [-0.3, -0.25) is 9.59 Å². The van der Waals surface area contributed by atoms with Gasteiger partial charge in [0, 0.05) is 50.7 Å². The summed E-state index contributed by atoms with van der Waals surface area (Å²) in [4.78, 5) is 29.0. The third-order valence-corrected chi connectivity index (χ3v) is 6.12. The zero-order valence-electron chi connectivity index (χ0n) is 15.8. The van der Waals surface area contributed by atoms with Crippen molar-refractivity contribution in [3.8, 4) is 0 Å². The van der Waals surface area contributed by atoms with Gasteiger partial charge in [-0.15, -0.1) is 0 Å². The summed E-state index contributed by atoms with van der Waals surface area (Å²) in [7, 11) is 1.66. The topological polar surface area (TPSA) is 63.0 Å². The molecule has 2 amide bonds. The number of furan rings is 1. The Morgan fingerprint density at radius 1 is 1.22 bits per heavy atom. The highest BCUT2D eigenvalue weighted by Crippen LogP contribution is 2.40. The number of amides is 2. The number of rotatable bonds is 4. The minimum absolute atomic E-state index is 0.0797. The number of hydrogen-bond donors (Lipinski definition) is 0. The summed E-state index contributed by atoms with van der Waals surface area (Å²) < 4.78 is 10.5. The molecule has 0 unspecified atom stereocenters. The van der Waals surface area contributed by atoms with E-state index in [-0.39, 0.29) is 17.2 Å². The molecule has 4 rings (SSSR count). The van der Waals surface area contributed by atoms with E-state index in [2.05, 4.69) is 0 Å². The van der Waals surface area contributed by atoms with E-state index in [9.17, 15) is 9.59 Å². The number of hydrogen-bond acceptors (Lipinski definition) is 4. The van der Waals surface area contributed by atoms with Crippen LogP contribution in [0.25, 0.3) is 11.0 Å². The zero-order chi connectivity index (χ0) is 18.9. The molecule has 0 N–H and O–H groups in total. The smallest absolute Gasteiger partial charge is 0.253 e. The van der Waals surface area contributed by atoms with E-state index in [4.69, 9.17) is 9.15 Å². The number of benzene rings is 1. The molecule has 0 saturated carbocycles. The molecule has 2 aliphatic rings. The van der Waals surface area contributed by atoms with E-state index in [0.29, 0.717) is 25.1 Å². The molecule has 1 aromatic carbocycles. The van der Waals surface area contributed by atoms with E-state index in [1.165, 1.54) is 0 Å². The van der Waals surface area contributed by atoms with Crippen molar-refractivity contribution in [1.82, 2.24) is 9.80 Å². The maximum atomic E-state index is 12.9. The van der Waals surface area contributed by atoms with Crippen LogP contribution in [0.15, 0.2) is 34.9 Å². The summed E-state index contributed by atoms with van der Waals surface area (Å²) in [6, 6.07) is 7.47. The largest absolute Gasteiger partial charge is 0.464 e. The summed E-state index contributed by atoms with van der Waals surface area (Å²) in [5, 5.41) is 0.953. The van der Waals surface area contributed by atoms with E-state index in [0.717, 1.165) is 49.9 Å². The second-order valence-electron chi connectivity index (χ2n) is 7.77. The number of fused-ring (bicyclic) bond motifs is 1. The van der Waals surface area contributed by atoms with Gasteiger partial charge in [-0.05, 0) is 48.9 Å². The number of carbonyl (C=O) groups excluding carboxylic acids is 2. The number of nitrogens with zero attached hydrogens (tertiary/aromatic N) is 2. The van der Waals surface area contributed by atoms with Crippen molar-refractivity contribution in [1.29, 1.82) is 0 Å². The lowest BCUT2D eigenvalue weighted by Crippen LogP contribution is -2.52. The number of carbonyl (C=O) groups is 2. The highest BCUT2D eigenvalue weighted by atomic mass is 16.5. The Hall–Kier alpha value is -2.34. The number of ether oxygens (including phenoxy) is 1. The lowest BCUT2D eigenvalue weighted by Gasteiger charge is -2.47. The summed E-state index contributed by atoms with van der Waals surface area (Å²) >= 11 is 0. The highest BCUT2D eigenvalue weighted by molar-refractivity contribution is 5.97. The number of piperidine rings is 2. The highest BCUT2D eigenvalue weighted by Gasteiger charge is 2.41.